The van der Waals surface area contributed by atoms with Gasteiger partial charge in [-0.3, -0.25) is 15.2 Å². The number of nitrogens with zero attached hydrogens (tertiary/aromatic N) is 4. The van der Waals surface area contributed by atoms with Gasteiger partial charge in [0.25, 0.3) is 5.91 Å². The SMILES string of the molecule is CC(C)(C)c1ccc(OCCOc2ccc(C=C3C(=N)N4N=C(c5cccnc5)SC4=NC3=O)cc2)cc1. The van der Waals surface area contributed by atoms with Crippen molar-refractivity contribution in [2.45, 2.75) is 26.2 Å². The number of carbonyl (C=O) groups is 1. The molecule has 0 fully saturated rings. The second kappa shape index (κ2) is 10.6. The summed E-state index contributed by atoms with van der Waals surface area (Å²) in [6, 6.07) is 19.1. The van der Waals surface area contributed by atoms with Gasteiger partial charge in [0.1, 0.15) is 29.8 Å². The van der Waals surface area contributed by atoms with E-state index < -0.39 is 5.91 Å². The summed E-state index contributed by atoms with van der Waals surface area (Å²) >= 11 is 1.25. The van der Waals surface area contributed by atoms with Crippen LogP contribution in [0.2, 0.25) is 0 Å². The van der Waals surface area contributed by atoms with E-state index in [0.29, 0.717) is 29.2 Å². The van der Waals surface area contributed by atoms with Crippen molar-refractivity contribution in [3.05, 3.63) is 95.3 Å². The number of fused-ring (bicyclic) bond motifs is 1. The molecule has 5 rings (SSSR count). The maximum absolute atomic E-state index is 12.7. The molecule has 2 aromatic carbocycles. The molecule has 1 amide bonds. The van der Waals surface area contributed by atoms with Crippen LogP contribution in [0.15, 0.2) is 88.7 Å². The molecule has 192 valence electrons. The van der Waals surface area contributed by atoms with Crippen LogP contribution in [0, 0.1) is 5.41 Å². The Morgan fingerprint density at radius 1 is 0.974 bits per heavy atom. The average Bonchev–Trinajstić information content (AvgIpc) is 3.34. The van der Waals surface area contributed by atoms with Gasteiger partial charge < -0.3 is 9.47 Å². The molecule has 0 saturated heterocycles. The van der Waals surface area contributed by atoms with Crippen molar-refractivity contribution < 1.29 is 14.3 Å². The molecule has 8 nitrogen and oxygen atoms in total. The number of benzene rings is 2. The average molecular weight is 526 g/mol. The first-order valence-corrected chi connectivity index (χ1v) is 13.0. The summed E-state index contributed by atoms with van der Waals surface area (Å²) in [5, 5.41) is 15.4. The normalized spacial score (nSPS) is 16.3. The lowest BCUT2D eigenvalue weighted by molar-refractivity contribution is -0.114. The monoisotopic (exact) mass is 525 g/mol. The number of hydrogen-bond acceptors (Lipinski definition) is 7. The molecule has 2 aliphatic heterocycles. The molecule has 0 radical (unpaired) electrons. The van der Waals surface area contributed by atoms with Gasteiger partial charge in [-0.25, -0.2) is 0 Å². The van der Waals surface area contributed by atoms with Crippen LogP contribution in [-0.4, -0.2) is 45.2 Å². The lowest BCUT2D eigenvalue weighted by Gasteiger charge is -2.20. The topological polar surface area (TPSA) is 100 Å². The summed E-state index contributed by atoms with van der Waals surface area (Å²) in [6.07, 6.45) is 5.01. The number of aromatic nitrogens is 1. The van der Waals surface area contributed by atoms with E-state index in [1.807, 2.05) is 48.5 Å². The fourth-order valence-electron chi connectivity index (χ4n) is 3.80. The molecule has 0 saturated carbocycles. The molecule has 38 heavy (non-hydrogen) atoms. The number of hydrogen-bond donors (Lipinski definition) is 1. The van der Waals surface area contributed by atoms with Gasteiger partial charge in [0.15, 0.2) is 5.84 Å². The largest absolute Gasteiger partial charge is 0.490 e. The summed E-state index contributed by atoms with van der Waals surface area (Å²) in [4.78, 5) is 20.9. The Labute approximate surface area is 225 Å². The Kier molecular flexibility index (Phi) is 7.11. The molecular formula is C29H27N5O3S. The van der Waals surface area contributed by atoms with Gasteiger partial charge in [-0.2, -0.15) is 15.1 Å². The number of rotatable bonds is 7. The number of amidine groups is 2. The highest BCUT2D eigenvalue weighted by atomic mass is 32.2. The second-order valence-corrected chi connectivity index (χ2v) is 10.7. The third-order valence-electron chi connectivity index (χ3n) is 5.90. The Balaban J connectivity index is 1.18. The van der Waals surface area contributed by atoms with Crippen LogP contribution in [-0.2, 0) is 10.2 Å². The van der Waals surface area contributed by atoms with E-state index in [1.165, 1.54) is 22.3 Å². The first-order valence-electron chi connectivity index (χ1n) is 12.1. The number of carbonyl (C=O) groups excluding carboxylic acids is 1. The molecule has 0 aliphatic carbocycles. The van der Waals surface area contributed by atoms with Gasteiger partial charge >= 0.3 is 0 Å². The Morgan fingerprint density at radius 3 is 2.24 bits per heavy atom. The van der Waals surface area contributed by atoms with Gasteiger partial charge in [0.05, 0.1) is 5.57 Å². The molecule has 9 heteroatoms. The maximum atomic E-state index is 12.7. The summed E-state index contributed by atoms with van der Waals surface area (Å²) in [5.74, 6) is 1.01. The van der Waals surface area contributed by atoms with Crippen LogP contribution in [0.3, 0.4) is 0 Å². The third-order valence-corrected chi connectivity index (χ3v) is 6.85. The van der Waals surface area contributed by atoms with Crippen molar-refractivity contribution in [3.63, 3.8) is 0 Å². The first kappa shape index (κ1) is 25.4. The quantitative estimate of drug-likeness (QED) is 0.323. The minimum atomic E-state index is -0.468. The van der Waals surface area contributed by atoms with Crippen LogP contribution < -0.4 is 9.47 Å². The standard InChI is InChI=1S/C29H27N5O3S/c1-29(2,3)21-8-12-23(13-9-21)37-16-15-36-22-10-6-19(7-11-22)17-24-25(30)34-28(32-26(24)35)38-27(33-34)20-5-4-14-31-18-20/h4-14,17-18,30H,15-16H2,1-3H3. The number of aliphatic imine (C=N–C) groups is 1. The molecule has 3 aromatic rings. The summed E-state index contributed by atoms with van der Waals surface area (Å²) in [7, 11) is 0. The van der Waals surface area contributed by atoms with E-state index in [9.17, 15) is 4.79 Å². The van der Waals surface area contributed by atoms with Crippen LogP contribution >= 0.6 is 11.8 Å². The van der Waals surface area contributed by atoms with Gasteiger partial charge in [-0.05, 0) is 70.8 Å². The van der Waals surface area contributed by atoms with Crippen LogP contribution in [0.1, 0.15) is 37.5 Å². The number of amides is 1. The predicted molar refractivity (Wildman–Crippen MR) is 151 cm³/mol. The van der Waals surface area contributed by atoms with Gasteiger partial charge in [0.2, 0.25) is 5.17 Å². The van der Waals surface area contributed by atoms with Crippen molar-refractivity contribution in [1.82, 2.24) is 9.99 Å². The summed E-state index contributed by atoms with van der Waals surface area (Å²) < 4.78 is 11.6. The lowest BCUT2D eigenvalue weighted by Crippen LogP contribution is -2.35. The van der Waals surface area contributed by atoms with E-state index in [1.54, 1.807) is 18.5 Å². The van der Waals surface area contributed by atoms with E-state index >= 15 is 0 Å². The van der Waals surface area contributed by atoms with Crippen molar-refractivity contribution >= 4 is 39.8 Å². The van der Waals surface area contributed by atoms with E-state index in [0.717, 1.165) is 16.9 Å². The van der Waals surface area contributed by atoms with Crippen molar-refractivity contribution in [2.24, 2.45) is 10.1 Å². The fourth-order valence-corrected chi connectivity index (χ4v) is 4.68. The summed E-state index contributed by atoms with van der Waals surface area (Å²) in [6.45, 7) is 7.36. The lowest BCUT2D eigenvalue weighted by atomic mass is 9.87. The molecule has 1 N–H and O–H groups in total. The molecule has 1 aromatic heterocycles. The van der Waals surface area contributed by atoms with Gasteiger partial charge in [-0.15, -0.1) is 0 Å². The Morgan fingerprint density at radius 2 is 1.63 bits per heavy atom. The van der Waals surface area contributed by atoms with Crippen molar-refractivity contribution in [1.29, 1.82) is 5.41 Å². The van der Waals surface area contributed by atoms with E-state index in [4.69, 9.17) is 14.9 Å². The molecule has 0 atom stereocenters. The maximum Gasteiger partial charge on any atom is 0.283 e. The minimum absolute atomic E-state index is 0.0144. The fraction of sp³-hybridized carbons (Fsp3) is 0.207. The second-order valence-electron chi connectivity index (χ2n) is 9.71. The highest BCUT2D eigenvalue weighted by Gasteiger charge is 2.36. The molecule has 0 bridgehead atoms. The van der Waals surface area contributed by atoms with Crippen LogP contribution in [0.4, 0.5) is 0 Å². The van der Waals surface area contributed by atoms with E-state index in [-0.39, 0.29) is 16.8 Å². The zero-order valence-electron chi connectivity index (χ0n) is 21.3. The van der Waals surface area contributed by atoms with Crippen LogP contribution in [0.25, 0.3) is 6.08 Å². The van der Waals surface area contributed by atoms with Crippen molar-refractivity contribution in [3.8, 4) is 11.5 Å². The first-order chi connectivity index (χ1) is 18.3. The van der Waals surface area contributed by atoms with Gasteiger partial charge in [0, 0.05) is 18.0 Å². The highest BCUT2D eigenvalue weighted by molar-refractivity contribution is 8.27. The zero-order valence-corrected chi connectivity index (χ0v) is 22.2. The molecule has 0 spiro atoms. The predicted octanol–water partition coefficient (Wildman–Crippen LogP) is 5.50. The van der Waals surface area contributed by atoms with Crippen molar-refractivity contribution in [2.75, 3.05) is 13.2 Å². The molecule has 2 aliphatic rings. The Bertz CT molecular complexity index is 1440. The van der Waals surface area contributed by atoms with Gasteiger partial charge in [-0.1, -0.05) is 45.0 Å². The number of ether oxygens (including phenoxy) is 2. The Hall–Kier alpha value is -4.24. The summed E-state index contributed by atoms with van der Waals surface area (Å²) in [5.41, 5.74) is 3.09. The number of pyridine rings is 1. The third kappa shape index (κ3) is 5.68. The van der Waals surface area contributed by atoms with Crippen LogP contribution in [0.5, 0.6) is 11.5 Å². The number of nitrogens with one attached hydrogen (secondary N) is 1. The van der Waals surface area contributed by atoms with E-state index in [2.05, 4.69) is 48.0 Å². The smallest absolute Gasteiger partial charge is 0.283 e. The molecule has 3 heterocycles. The number of thioether (sulfide) groups is 1. The number of hydrazone groups is 1. The highest BCUT2D eigenvalue weighted by Crippen LogP contribution is 2.31. The molecule has 0 unspecified atom stereocenters. The molecular weight excluding hydrogens is 498 g/mol. The zero-order chi connectivity index (χ0) is 26.7. The minimum Gasteiger partial charge on any atom is -0.490 e.